The maximum atomic E-state index is 12.3. The average Bonchev–Trinajstić information content (AvgIpc) is 2.80. The SMILES string of the molecule is Nc1ccc2c(c1)CCC2NC(=O)c1c(O)cccc1O. The quantitative estimate of drug-likeness (QED) is 0.635. The number of aryl methyl sites for hydroxylation is 1. The van der Waals surface area contributed by atoms with Gasteiger partial charge in [-0.05, 0) is 48.2 Å². The fourth-order valence-electron chi connectivity index (χ4n) is 2.78. The largest absolute Gasteiger partial charge is 0.507 e. The van der Waals surface area contributed by atoms with Gasteiger partial charge in [0.15, 0.2) is 0 Å². The van der Waals surface area contributed by atoms with Gasteiger partial charge < -0.3 is 21.3 Å². The van der Waals surface area contributed by atoms with Crippen molar-refractivity contribution in [2.24, 2.45) is 0 Å². The summed E-state index contributed by atoms with van der Waals surface area (Å²) in [6.07, 6.45) is 1.62. The van der Waals surface area contributed by atoms with E-state index < -0.39 is 5.91 Å². The summed E-state index contributed by atoms with van der Waals surface area (Å²) in [6, 6.07) is 9.73. The van der Waals surface area contributed by atoms with E-state index in [2.05, 4.69) is 5.32 Å². The van der Waals surface area contributed by atoms with Gasteiger partial charge in [-0.3, -0.25) is 4.79 Å². The van der Waals surface area contributed by atoms with Crippen molar-refractivity contribution in [3.05, 3.63) is 53.1 Å². The Morgan fingerprint density at radius 3 is 2.62 bits per heavy atom. The van der Waals surface area contributed by atoms with E-state index in [9.17, 15) is 15.0 Å². The molecule has 3 rings (SSSR count). The molecule has 0 fully saturated rings. The molecule has 108 valence electrons. The van der Waals surface area contributed by atoms with Gasteiger partial charge >= 0.3 is 0 Å². The van der Waals surface area contributed by atoms with E-state index in [0.29, 0.717) is 5.69 Å². The van der Waals surface area contributed by atoms with Crippen LogP contribution in [-0.4, -0.2) is 16.1 Å². The Morgan fingerprint density at radius 1 is 1.19 bits per heavy atom. The molecule has 5 nitrogen and oxygen atoms in total. The normalized spacial score (nSPS) is 16.5. The molecule has 0 heterocycles. The molecular weight excluding hydrogens is 268 g/mol. The number of rotatable bonds is 2. The second-order valence-electron chi connectivity index (χ2n) is 5.19. The number of nitrogen functional groups attached to an aromatic ring is 1. The molecule has 0 aromatic heterocycles. The van der Waals surface area contributed by atoms with Crippen molar-refractivity contribution >= 4 is 11.6 Å². The Kier molecular flexibility index (Phi) is 3.17. The molecule has 0 spiro atoms. The standard InChI is InChI=1S/C16H16N2O3/c17-10-5-6-11-9(8-10)4-7-12(11)18-16(21)15-13(19)2-1-3-14(15)20/h1-3,5-6,8,12,19-20H,4,7,17H2,(H,18,21). The summed E-state index contributed by atoms with van der Waals surface area (Å²) in [4.78, 5) is 12.3. The molecule has 5 N–H and O–H groups in total. The van der Waals surface area contributed by atoms with E-state index in [1.54, 1.807) is 6.07 Å². The lowest BCUT2D eigenvalue weighted by Gasteiger charge is -2.15. The van der Waals surface area contributed by atoms with Gasteiger partial charge in [0, 0.05) is 5.69 Å². The van der Waals surface area contributed by atoms with Crippen LogP contribution in [0.15, 0.2) is 36.4 Å². The summed E-state index contributed by atoms with van der Waals surface area (Å²) in [7, 11) is 0. The Hall–Kier alpha value is -2.69. The summed E-state index contributed by atoms with van der Waals surface area (Å²) in [6.45, 7) is 0. The Morgan fingerprint density at radius 2 is 1.90 bits per heavy atom. The molecule has 0 bridgehead atoms. The highest BCUT2D eigenvalue weighted by Gasteiger charge is 2.26. The minimum absolute atomic E-state index is 0.0959. The second kappa shape index (κ2) is 5.01. The number of nitrogens with two attached hydrogens (primary N) is 1. The predicted octanol–water partition coefficient (Wildman–Crippen LogP) is 2.10. The van der Waals surface area contributed by atoms with Crippen molar-refractivity contribution in [3.8, 4) is 11.5 Å². The minimum atomic E-state index is -0.486. The van der Waals surface area contributed by atoms with Crippen molar-refractivity contribution in [2.45, 2.75) is 18.9 Å². The fourth-order valence-corrected chi connectivity index (χ4v) is 2.78. The third-order valence-corrected chi connectivity index (χ3v) is 3.80. The maximum Gasteiger partial charge on any atom is 0.259 e. The molecule has 5 heteroatoms. The van der Waals surface area contributed by atoms with Crippen LogP contribution < -0.4 is 11.1 Å². The highest BCUT2D eigenvalue weighted by atomic mass is 16.3. The maximum absolute atomic E-state index is 12.3. The number of carbonyl (C=O) groups is 1. The predicted molar refractivity (Wildman–Crippen MR) is 79.2 cm³/mol. The molecule has 1 atom stereocenters. The number of phenols is 2. The molecule has 0 radical (unpaired) electrons. The molecule has 0 aliphatic heterocycles. The second-order valence-corrected chi connectivity index (χ2v) is 5.19. The van der Waals surface area contributed by atoms with Gasteiger partial charge in [-0.2, -0.15) is 0 Å². The number of carbonyl (C=O) groups excluding carboxylic acids is 1. The number of aromatic hydroxyl groups is 2. The lowest BCUT2D eigenvalue weighted by atomic mass is 10.1. The molecule has 1 aliphatic carbocycles. The summed E-state index contributed by atoms with van der Waals surface area (Å²) < 4.78 is 0. The highest BCUT2D eigenvalue weighted by molar-refractivity contribution is 5.99. The van der Waals surface area contributed by atoms with Crippen molar-refractivity contribution in [1.82, 2.24) is 5.32 Å². The highest BCUT2D eigenvalue weighted by Crippen LogP contribution is 2.33. The average molecular weight is 284 g/mol. The molecule has 1 amide bonds. The van der Waals surface area contributed by atoms with Gasteiger partial charge in [-0.25, -0.2) is 0 Å². The molecule has 0 saturated heterocycles. The molecule has 0 saturated carbocycles. The molecule has 1 unspecified atom stereocenters. The summed E-state index contributed by atoms with van der Waals surface area (Å²) in [5.41, 5.74) is 8.53. The van der Waals surface area contributed by atoms with Gasteiger partial charge in [0.05, 0.1) is 6.04 Å². The van der Waals surface area contributed by atoms with Crippen LogP contribution in [0, 0.1) is 0 Å². The third-order valence-electron chi connectivity index (χ3n) is 3.80. The number of benzene rings is 2. The van der Waals surface area contributed by atoms with Gasteiger partial charge in [0.1, 0.15) is 17.1 Å². The van der Waals surface area contributed by atoms with Crippen LogP contribution in [0.5, 0.6) is 11.5 Å². The lowest BCUT2D eigenvalue weighted by Crippen LogP contribution is -2.27. The molecule has 2 aromatic rings. The summed E-state index contributed by atoms with van der Waals surface area (Å²) >= 11 is 0. The number of phenolic OH excluding ortho intramolecular Hbond substituents is 2. The topological polar surface area (TPSA) is 95.6 Å². The van der Waals surface area contributed by atoms with Gasteiger partial charge in [0.25, 0.3) is 5.91 Å². The van der Waals surface area contributed by atoms with Crippen LogP contribution in [0.1, 0.15) is 33.9 Å². The molecule has 21 heavy (non-hydrogen) atoms. The number of hydrogen-bond donors (Lipinski definition) is 4. The number of amides is 1. The van der Waals surface area contributed by atoms with Crippen LogP contribution in [0.25, 0.3) is 0 Å². The van der Waals surface area contributed by atoms with Crippen molar-refractivity contribution in [2.75, 3.05) is 5.73 Å². The van der Waals surface area contributed by atoms with E-state index in [0.717, 1.165) is 24.0 Å². The van der Waals surface area contributed by atoms with E-state index in [1.807, 2.05) is 12.1 Å². The Labute approximate surface area is 122 Å². The monoisotopic (exact) mass is 284 g/mol. The number of nitrogens with one attached hydrogen (secondary N) is 1. The van der Waals surface area contributed by atoms with Crippen LogP contribution >= 0.6 is 0 Å². The van der Waals surface area contributed by atoms with Gasteiger partial charge in [-0.15, -0.1) is 0 Å². The van der Waals surface area contributed by atoms with Gasteiger partial charge in [0.2, 0.25) is 0 Å². The zero-order valence-electron chi connectivity index (χ0n) is 11.3. The Bertz CT molecular complexity index is 692. The van der Waals surface area contributed by atoms with E-state index in [4.69, 9.17) is 5.73 Å². The van der Waals surface area contributed by atoms with Gasteiger partial charge in [-0.1, -0.05) is 12.1 Å². The first-order chi connectivity index (χ1) is 10.1. The fraction of sp³-hybridized carbons (Fsp3) is 0.188. The van der Waals surface area contributed by atoms with Crippen LogP contribution in [0.2, 0.25) is 0 Å². The number of anilines is 1. The zero-order chi connectivity index (χ0) is 15.0. The van der Waals surface area contributed by atoms with E-state index >= 15 is 0 Å². The zero-order valence-corrected chi connectivity index (χ0v) is 11.3. The van der Waals surface area contributed by atoms with E-state index in [-0.39, 0.29) is 23.1 Å². The van der Waals surface area contributed by atoms with Crippen molar-refractivity contribution in [3.63, 3.8) is 0 Å². The van der Waals surface area contributed by atoms with Crippen LogP contribution in [0.4, 0.5) is 5.69 Å². The smallest absolute Gasteiger partial charge is 0.259 e. The van der Waals surface area contributed by atoms with Crippen molar-refractivity contribution in [1.29, 1.82) is 0 Å². The summed E-state index contributed by atoms with van der Waals surface area (Å²) in [5, 5.41) is 22.3. The Balaban J connectivity index is 1.85. The van der Waals surface area contributed by atoms with Crippen LogP contribution in [0.3, 0.4) is 0 Å². The molecule has 2 aromatic carbocycles. The summed E-state index contributed by atoms with van der Waals surface area (Å²) in [5.74, 6) is -0.952. The first-order valence-corrected chi connectivity index (χ1v) is 6.76. The lowest BCUT2D eigenvalue weighted by molar-refractivity contribution is 0.0931. The molecular formula is C16H16N2O3. The minimum Gasteiger partial charge on any atom is -0.507 e. The number of hydrogen-bond acceptors (Lipinski definition) is 4. The van der Waals surface area contributed by atoms with Crippen molar-refractivity contribution < 1.29 is 15.0 Å². The third kappa shape index (κ3) is 2.38. The number of fused-ring (bicyclic) bond motifs is 1. The first-order valence-electron chi connectivity index (χ1n) is 6.76. The van der Waals surface area contributed by atoms with E-state index in [1.165, 1.54) is 18.2 Å². The van der Waals surface area contributed by atoms with Crippen LogP contribution in [-0.2, 0) is 6.42 Å². The molecule has 1 aliphatic rings. The first kappa shape index (κ1) is 13.3.